The van der Waals surface area contributed by atoms with Crippen molar-refractivity contribution in [1.82, 2.24) is 4.98 Å². The van der Waals surface area contributed by atoms with Gasteiger partial charge in [-0.2, -0.15) is 0 Å². The van der Waals surface area contributed by atoms with Gasteiger partial charge in [-0.05, 0) is 50.5 Å². The van der Waals surface area contributed by atoms with E-state index in [1.807, 2.05) is 0 Å². The van der Waals surface area contributed by atoms with Gasteiger partial charge in [0.05, 0.1) is 23.9 Å². The monoisotopic (exact) mass is 423 g/mol. The van der Waals surface area contributed by atoms with Gasteiger partial charge in [0, 0.05) is 17.0 Å². The summed E-state index contributed by atoms with van der Waals surface area (Å²) in [5.41, 5.74) is 0.897. The van der Waals surface area contributed by atoms with E-state index in [0.717, 1.165) is 0 Å². The first-order chi connectivity index (χ1) is 13.6. The third-order valence-corrected chi connectivity index (χ3v) is 6.45. The second-order valence-corrected chi connectivity index (χ2v) is 8.80. The van der Waals surface area contributed by atoms with E-state index in [1.165, 1.54) is 31.2 Å². The van der Waals surface area contributed by atoms with Crippen molar-refractivity contribution in [3.05, 3.63) is 40.2 Å². The van der Waals surface area contributed by atoms with Gasteiger partial charge < -0.3 is 14.5 Å². The van der Waals surface area contributed by atoms with Crippen molar-refractivity contribution >= 4 is 32.7 Å². The van der Waals surface area contributed by atoms with Crippen molar-refractivity contribution in [3.8, 4) is 0 Å². The second kappa shape index (κ2) is 9.21. The van der Waals surface area contributed by atoms with Crippen LogP contribution in [0, 0.1) is 18.8 Å². The molecule has 158 valence electrons. The molecule has 1 aromatic carbocycles. The molecule has 0 amide bonds. The average molecular weight is 423 g/mol. The highest BCUT2D eigenvalue weighted by Crippen LogP contribution is 2.25. The summed E-state index contributed by atoms with van der Waals surface area (Å²) >= 11 is 0. The van der Waals surface area contributed by atoms with E-state index >= 15 is 0 Å². The number of sulfone groups is 1. The number of carbonyl (C=O) groups is 2. The maximum atomic E-state index is 13.0. The topological polar surface area (TPSA) is 120 Å². The molecule has 1 N–H and O–H groups in total. The van der Waals surface area contributed by atoms with Gasteiger partial charge in [-0.25, -0.2) is 8.42 Å². The molecule has 0 bridgehead atoms. The van der Waals surface area contributed by atoms with Crippen molar-refractivity contribution in [2.24, 2.45) is 11.8 Å². The number of esters is 2. The minimum absolute atomic E-state index is 0.0402. The SMILES string of the molecule is CCOC(=O)C(C(=O)OCC)[C@H](C)CS(=O)(=O)c1ccc2[nH]c(=O)cc(C)c2c1. The Morgan fingerprint density at radius 3 is 2.21 bits per heavy atom. The minimum Gasteiger partial charge on any atom is -0.465 e. The highest BCUT2D eigenvalue weighted by Gasteiger charge is 2.37. The summed E-state index contributed by atoms with van der Waals surface area (Å²) in [6, 6.07) is 5.78. The summed E-state index contributed by atoms with van der Waals surface area (Å²) in [6.45, 7) is 6.55. The Balaban J connectivity index is 2.37. The first kappa shape index (κ1) is 22.6. The van der Waals surface area contributed by atoms with Gasteiger partial charge in [-0.3, -0.25) is 14.4 Å². The molecule has 2 aromatic rings. The van der Waals surface area contributed by atoms with Crippen molar-refractivity contribution in [2.45, 2.75) is 32.6 Å². The lowest BCUT2D eigenvalue weighted by Gasteiger charge is -2.21. The number of aromatic nitrogens is 1. The smallest absolute Gasteiger partial charge is 0.320 e. The number of ether oxygens (including phenoxy) is 2. The van der Waals surface area contributed by atoms with E-state index in [4.69, 9.17) is 9.47 Å². The molecule has 29 heavy (non-hydrogen) atoms. The van der Waals surface area contributed by atoms with E-state index < -0.39 is 39.4 Å². The summed E-state index contributed by atoms with van der Waals surface area (Å²) in [7, 11) is -3.83. The third-order valence-electron chi connectivity index (χ3n) is 4.51. The fourth-order valence-corrected chi connectivity index (χ4v) is 4.81. The molecular weight excluding hydrogens is 398 g/mol. The normalized spacial score (nSPS) is 12.7. The number of nitrogens with one attached hydrogen (secondary N) is 1. The van der Waals surface area contributed by atoms with E-state index in [1.54, 1.807) is 20.8 Å². The van der Waals surface area contributed by atoms with Crippen LogP contribution in [-0.4, -0.2) is 44.3 Å². The lowest BCUT2D eigenvalue weighted by Crippen LogP contribution is -2.36. The largest absolute Gasteiger partial charge is 0.465 e. The maximum absolute atomic E-state index is 13.0. The zero-order chi connectivity index (χ0) is 21.8. The van der Waals surface area contributed by atoms with Crippen molar-refractivity contribution in [3.63, 3.8) is 0 Å². The standard InChI is InChI=1S/C20H25NO7S/c1-5-27-19(23)18(20(24)28-6-2)13(4)11-29(25,26)14-7-8-16-15(10-14)12(3)9-17(22)21-16/h7-10,13,18H,5-6,11H2,1-4H3,(H,21,22)/t13-/m1/s1. The number of rotatable bonds is 8. The van der Waals surface area contributed by atoms with Crippen LogP contribution in [0.25, 0.3) is 10.9 Å². The zero-order valence-corrected chi connectivity index (χ0v) is 17.7. The minimum atomic E-state index is -3.83. The van der Waals surface area contributed by atoms with Crippen LogP contribution in [0.4, 0.5) is 0 Å². The first-order valence-corrected chi connectivity index (χ1v) is 11.0. The van der Waals surface area contributed by atoms with Gasteiger partial charge in [0.25, 0.3) is 0 Å². The molecule has 0 spiro atoms. The van der Waals surface area contributed by atoms with Gasteiger partial charge in [-0.15, -0.1) is 0 Å². The maximum Gasteiger partial charge on any atom is 0.320 e. The van der Waals surface area contributed by atoms with Crippen LogP contribution in [0.1, 0.15) is 26.3 Å². The predicted molar refractivity (Wildman–Crippen MR) is 107 cm³/mol. The zero-order valence-electron chi connectivity index (χ0n) is 16.9. The number of pyridine rings is 1. The molecule has 0 aliphatic carbocycles. The number of aryl methyl sites for hydroxylation is 1. The number of benzene rings is 1. The predicted octanol–water partition coefficient (Wildman–Crippen LogP) is 1.99. The summed E-state index contributed by atoms with van der Waals surface area (Å²) in [5.74, 6) is -4.24. The van der Waals surface area contributed by atoms with E-state index in [2.05, 4.69) is 4.98 Å². The lowest BCUT2D eigenvalue weighted by atomic mass is 9.96. The Morgan fingerprint density at radius 2 is 1.66 bits per heavy atom. The Kier molecular flexibility index (Phi) is 7.18. The van der Waals surface area contributed by atoms with Crippen molar-refractivity contribution in [2.75, 3.05) is 19.0 Å². The molecule has 1 aromatic heterocycles. The van der Waals surface area contributed by atoms with Crippen molar-refractivity contribution < 1.29 is 27.5 Å². The summed E-state index contributed by atoms with van der Waals surface area (Å²) in [6.07, 6.45) is 0. The molecule has 1 atom stereocenters. The van der Waals surface area contributed by atoms with Gasteiger partial charge in [0.2, 0.25) is 5.56 Å². The van der Waals surface area contributed by atoms with Crippen LogP contribution in [-0.2, 0) is 28.9 Å². The summed E-state index contributed by atoms with van der Waals surface area (Å²) in [5, 5.41) is 0.602. The molecule has 9 heteroatoms. The molecule has 0 saturated carbocycles. The van der Waals surface area contributed by atoms with Crippen LogP contribution in [0.2, 0.25) is 0 Å². The molecule has 0 aliphatic rings. The van der Waals surface area contributed by atoms with Gasteiger partial charge in [0.1, 0.15) is 0 Å². The molecule has 0 fully saturated rings. The quantitative estimate of drug-likeness (QED) is 0.509. The lowest BCUT2D eigenvalue weighted by molar-refractivity contribution is -0.163. The fraction of sp³-hybridized carbons (Fsp3) is 0.450. The summed E-state index contributed by atoms with van der Waals surface area (Å²) in [4.78, 5) is 38.7. The molecule has 2 rings (SSSR count). The highest BCUT2D eigenvalue weighted by atomic mass is 32.2. The van der Waals surface area contributed by atoms with Gasteiger partial charge in [-0.1, -0.05) is 6.92 Å². The Bertz CT molecular complexity index is 1050. The molecule has 0 aliphatic heterocycles. The molecule has 0 radical (unpaired) electrons. The Labute approximate surface area is 169 Å². The third kappa shape index (κ3) is 5.23. The molecular formula is C20H25NO7S. The van der Waals surface area contributed by atoms with Crippen LogP contribution in [0.15, 0.2) is 34.0 Å². The molecule has 1 heterocycles. The van der Waals surface area contributed by atoms with E-state index in [9.17, 15) is 22.8 Å². The number of aromatic amines is 1. The van der Waals surface area contributed by atoms with Crippen LogP contribution >= 0.6 is 0 Å². The fourth-order valence-electron chi connectivity index (χ4n) is 3.16. The average Bonchev–Trinajstić information content (AvgIpc) is 2.61. The van der Waals surface area contributed by atoms with E-state index in [-0.39, 0.29) is 23.7 Å². The van der Waals surface area contributed by atoms with Crippen molar-refractivity contribution in [1.29, 1.82) is 0 Å². The second-order valence-electron chi connectivity index (χ2n) is 6.76. The van der Waals surface area contributed by atoms with Crippen LogP contribution in [0.3, 0.4) is 0 Å². The highest BCUT2D eigenvalue weighted by molar-refractivity contribution is 7.91. The molecule has 0 saturated heterocycles. The summed E-state index contributed by atoms with van der Waals surface area (Å²) < 4.78 is 35.8. The molecule has 8 nitrogen and oxygen atoms in total. The number of hydrogen-bond acceptors (Lipinski definition) is 7. The number of hydrogen-bond donors (Lipinski definition) is 1. The van der Waals surface area contributed by atoms with Gasteiger partial charge in [0.15, 0.2) is 15.8 Å². The van der Waals surface area contributed by atoms with Crippen LogP contribution in [0.5, 0.6) is 0 Å². The number of H-pyrrole nitrogens is 1. The Morgan fingerprint density at radius 1 is 1.07 bits per heavy atom. The number of fused-ring (bicyclic) bond motifs is 1. The van der Waals surface area contributed by atoms with Crippen LogP contribution < -0.4 is 5.56 Å². The molecule has 0 unspecified atom stereocenters. The number of carbonyl (C=O) groups excluding carboxylic acids is 2. The Hall–Kier alpha value is -2.68. The first-order valence-electron chi connectivity index (χ1n) is 9.30. The van der Waals surface area contributed by atoms with E-state index in [0.29, 0.717) is 16.5 Å². The van der Waals surface area contributed by atoms with Gasteiger partial charge >= 0.3 is 11.9 Å².